The minimum atomic E-state index is -0.306. The number of anilines is 1. The number of hydrogen-bond donors (Lipinski definition) is 2. The van der Waals surface area contributed by atoms with Crippen molar-refractivity contribution in [2.45, 2.75) is 19.3 Å². The van der Waals surface area contributed by atoms with E-state index in [0.29, 0.717) is 18.2 Å². The molecule has 2 rings (SSSR count). The second-order valence-electron chi connectivity index (χ2n) is 4.97. The predicted molar refractivity (Wildman–Crippen MR) is 73.4 cm³/mol. The minimum absolute atomic E-state index is 0.117. The molecule has 1 unspecified atom stereocenters. The summed E-state index contributed by atoms with van der Waals surface area (Å²) in [6.07, 6.45) is 3.11. The lowest BCUT2D eigenvalue weighted by Crippen LogP contribution is -2.42. The van der Waals surface area contributed by atoms with Crippen molar-refractivity contribution in [2.24, 2.45) is 11.7 Å². The van der Waals surface area contributed by atoms with Crippen molar-refractivity contribution >= 4 is 11.7 Å². The molecule has 19 heavy (non-hydrogen) atoms. The number of carbonyl (C=O) groups excluding carboxylic acids is 1. The van der Waals surface area contributed by atoms with Crippen molar-refractivity contribution in [3.63, 3.8) is 0 Å². The number of carbonyl (C=O) groups is 1. The van der Waals surface area contributed by atoms with Crippen LogP contribution >= 0.6 is 0 Å². The number of benzene rings is 1. The summed E-state index contributed by atoms with van der Waals surface area (Å²) in [4.78, 5) is 13.9. The highest BCUT2D eigenvalue weighted by Gasteiger charge is 2.23. The molecular weight excluding hydrogens is 245 g/mol. The molecule has 0 saturated carbocycles. The van der Waals surface area contributed by atoms with E-state index in [1.165, 1.54) is 12.1 Å². The fraction of sp³-hybridized carbons (Fsp3) is 0.500. The molecule has 2 amide bonds. The third-order valence-corrected chi connectivity index (χ3v) is 3.48. The second-order valence-corrected chi connectivity index (χ2v) is 4.97. The first kappa shape index (κ1) is 13.8. The molecule has 0 aliphatic carbocycles. The molecule has 5 heteroatoms. The Hall–Kier alpha value is -1.62. The van der Waals surface area contributed by atoms with Crippen LogP contribution in [0.5, 0.6) is 0 Å². The Labute approximate surface area is 112 Å². The Balaban J connectivity index is 1.90. The molecule has 1 atom stereocenters. The molecule has 1 heterocycles. The van der Waals surface area contributed by atoms with E-state index in [-0.39, 0.29) is 11.8 Å². The van der Waals surface area contributed by atoms with Crippen LogP contribution in [-0.2, 0) is 0 Å². The summed E-state index contributed by atoms with van der Waals surface area (Å²) >= 11 is 0. The first-order chi connectivity index (χ1) is 9.19. The number of amides is 2. The zero-order valence-electron chi connectivity index (χ0n) is 10.9. The molecule has 1 aliphatic rings. The summed E-state index contributed by atoms with van der Waals surface area (Å²) in [7, 11) is 0. The van der Waals surface area contributed by atoms with Crippen molar-refractivity contribution in [3.8, 4) is 0 Å². The molecule has 3 N–H and O–H groups in total. The van der Waals surface area contributed by atoms with Gasteiger partial charge in [0.25, 0.3) is 0 Å². The van der Waals surface area contributed by atoms with Crippen molar-refractivity contribution in [3.05, 3.63) is 30.1 Å². The molecular formula is C14H20FN3O. The molecule has 1 fully saturated rings. The molecule has 0 radical (unpaired) electrons. The Morgan fingerprint density at radius 2 is 2.16 bits per heavy atom. The van der Waals surface area contributed by atoms with Crippen molar-refractivity contribution < 1.29 is 9.18 Å². The van der Waals surface area contributed by atoms with E-state index in [0.717, 1.165) is 32.4 Å². The minimum Gasteiger partial charge on any atom is -0.330 e. The Bertz CT molecular complexity index is 419. The van der Waals surface area contributed by atoms with E-state index in [1.807, 2.05) is 4.90 Å². The molecule has 1 saturated heterocycles. The maximum absolute atomic E-state index is 12.8. The molecule has 1 aromatic rings. The van der Waals surface area contributed by atoms with Gasteiger partial charge in [0.2, 0.25) is 0 Å². The van der Waals surface area contributed by atoms with Crippen molar-refractivity contribution in [1.29, 1.82) is 0 Å². The van der Waals surface area contributed by atoms with Gasteiger partial charge in [-0.15, -0.1) is 0 Å². The average Bonchev–Trinajstić information content (AvgIpc) is 2.42. The smallest absolute Gasteiger partial charge is 0.321 e. The highest BCUT2D eigenvalue weighted by atomic mass is 19.1. The number of likely N-dealkylation sites (tertiary alicyclic amines) is 1. The Morgan fingerprint density at radius 3 is 2.84 bits per heavy atom. The number of nitrogens with two attached hydrogens (primary N) is 1. The second kappa shape index (κ2) is 6.52. The van der Waals surface area contributed by atoms with Gasteiger partial charge in [-0.2, -0.15) is 0 Å². The summed E-state index contributed by atoms with van der Waals surface area (Å²) in [5.74, 6) is 0.191. The van der Waals surface area contributed by atoms with Gasteiger partial charge in [0.15, 0.2) is 0 Å². The zero-order valence-corrected chi connectivity index (χ0v) is 10.9. The van der Waals surface area contributed by atoms with Gasteiger partial charge in [0.05, 0.1) is 0 Å². The van der Waals surface area contributed by atoms with Gasteiger partial charge >= 0.3 is 6.03 Å². The van der Waals surface area contributed by atoms with Crippen LogP contribution in [0.25, 0.3) is 0 Å². The van der Waals surface area contributed by atoms with Gasteiger partial charge in [-0.1, -0.05) is 0 Å². The first-order valence-corrected chi connectivity index (χ1v) is 6.70. The van der Waals surface area contributed by atoms with E-state index < -0.39 is 0 Å². The molecule has 4 nitrogen and oxygen atoms in total. The number of nitrogens with one attached hydrogen (secondary N) is 1. The Morgan fingerprint density at radius 1 is 1.42 bits per heavy atom. The van der Waals surface area contributed by atoms with Crippen LogP contribution in [0.3, 0.4) is 0 Å². The number of hydrogen-bond acceptors (Lipinski definition) is 2. The van der Waals surface area contributed by atoms with Crippen molar-refractivity contribution in [1.82, 2.24) is 4.90 Å². The standard InChI is InChI=1S/C14H20FN3O/c15-12-3-5-13(6-4-12)17-14(19)18-9-1-2-11(10-18)7-8-16/h3-6,11H,1-2,7-10,16H2,(H,17,19). The number of nitrogens with zero attached hydrogens (tertiary/aromatic N) is 1. The maximum Gasteiger partial charge on any atom is 0.321 e. The van der Waals surface area contributed by atoms with Crippen LogP contribution in [0.1, 0.15) is 19.3 Å². The van der Waals surface area contributed by atoms with Gasteiger partial charge < -0.3 is 16.0 Å². The summed E-state index contributed by atoms with van der Waals surface area (Å²) in [6.45, 7) is 2.19. The molecule has 1 aliphatic heterocycles. The zero-order chi connectivity index (χ0) is 13.7. The highest BCUT2D eigenvalue weighted by molar-refractivity contribution is 5.89. The molecule has 0 aromatic heterocycles. The largest absolute Gasteiger partial charge is 0.330 e. The van der Waals surface area contributed by atoms with E-state index in [4.69, 9.17) is 5.73 Å². The summed E-state index contributed by atoms with van der Waals surface area (Å²) in [5, 5.41) is 2.79. The molecule has 1 aromatic carbocycles. The van der Waals surface area contributed by atoms with E-state index in [2.05, 4.69) is 5.32 Å². The SMILES string of the molecule is NCCC1CCCN(C(=O)Nc2ccc(F)cc2)C1. The lowest BCUT2D eigenvalue weighted by atomic mass is 9.95. The van der Waals surface area contributed by atoms with Crippen molar-refractivity contribution in [2.75, 3.05) is 25.0 Å². The van der Waals surface area contributed by atoms with Crippen LogP contribution in [0.2, 0.25) is 0 Å². The monoisotopic (exact) mass is 265 g/mol. The normalized spacial score (nSPS) is 19.3. The fourth-order valence-electron chi connectivity index (χ4n) is 2.46. The topological polar surface area (TPSA) is 58.4 Å². The van der Waals surface area contributed by atoms with Gasteiger partial charge in [0, 0.05) is 18.8 Å². The van der Waals surface area contributed by atoms with Gasteiger partial charge in [0.1, 0.15) is 5.82 Å². The number of urea groups is 1. The average molecular weight is 265 g/mol. The van der Waals surface area contributed by atoms with Crippen LogP contribution in [-0.4, -0.2) is 30.6 Å². The lowest BCUT2D eigenvalue weighted by molar-refractivity contribution is 0.175. The molecule has 0 spiro atoms. The molecule has 104 valence electrons. The highest BCUT2D eigenvalue weighted by Crippen LogP contribution is 2.20. The van der Waals surface area contributed by atoms with E-state index in [9.17, 15) is 9.18 Å². The third kappa shape index (κ3) is 3.92. The summed E-state index contributed by atoms with van der Waals surface area (Å²) in [5.41, 5.74) is 6.18. The van der Waals surface area contributed by atoms with Gasteiger partial charge in [-0.25, -0.2) is 9.18 Å². The maximum atomic E-state index is 12.8. The predicted octanol–water partition coefficient (Wildman–Crippen LogP) is 2.42. The van der Waals surface area contributed by atoms with E-state index in [1.54, 1.807) is 12.1 Å². The van der Waals surface area contributed by atoms with Gasteiger partial charge in [-0.05, 0) is 56.0 Å². The number of piperidine rings is 1. The Kier molecular flexibility index (Phi) is 4.74. The van der Waals surface area contributed by atoms with Crippen LogP contribution in [0.4, 0.5) is 14.9 Å². The molecule has 0 bridgehead atoms. The first-order valence-electron chi connectivity index (χ1n) is 6.70. The summed E-state index contributed by atoms with van der Waals surface area (Å²) < 4.78 is 12.8. The quantitative estimate of drug-likeness (QED) is 0.881. The lowest BCUT2D eigenvalue weighted by Gasteiger charge is -2.32. The summed E-state index contributed by atoms with van der Waals surface area (Å²) in [6, 6.07) is 5.68. The number of halogens is 1. The third-order valence-electron chi connectivity index (χ3n) is 3.48. The fourth-order valence-corrected chi connectivity index (χ4v) is 2.46. The van der Waals surface area contributed by atoms with Crippen LogP contribution < -0.4 is 11.1 Å². The van der Waals surface area contributed by atoms with Gasteiger partial charge in [-0.3, -0.25) is 0 Å². The van der Waals surface area contributed by atoms with Crippen LogP contribution in [0, 0.1) is 11.7 Å². The van der Waals surface area contributed by atoms with E-state index >= 15 is 0 Å². The van der Waals surface area contributed by atoms with Crippen LogP contribution in [0.15, 0.2) is 24.3 Å². The number of rotatable bonds is 3.